The number of ether oxygens (including phenoxy) is 3. The number of methoxy groups -OCH3 is 2. The zero-order chi connectivity index (χ0) is 14.5. The predicted octanol–water partition coefficient (Wildman–Crippen LogP) is 3.19. The fraction of sp³-hybridized carbons (Fsp3) is 0.133. The lowest BCUT2D eigenvalue weighted by molar-refractivity contribution is 0.0696. The van der Waals surface area contributed by atoms with Crippen LogP contribution in [-0.2, 0) is 0 Å². The number of carbonyl (C=O) groups is 1. The van der Waals surface area contributed by atoms with E-state index in [9.17, 15) is 4.79 Å². The molecule has 0 aliphatic carbocycles. The van der Waals surface area contributed by atoms with Gasteiger partial charge in [0.25, 0.3) is 0 Å². The maximum absolute atomic E-state index is 10.9. The molecule has 20 heavy (non-hydrogen) atoms. The average molecular weight is 274 g/mol. The SMILES string of the molecule is COc1cccc(OC)c1Oc1cccc(C(=O)O)c1. The molecule has 2 aromatic carbocycles. The normalized spacial score (nSPS) is 9.90. The molecule has 1 N–H and O–H groups in total. The van der Waals surface area contributed by atoms with Crippen molar-refractivity contribution in [3.63, 3.8) is 0 Å². The Hall–Kier alpha value is -2.69. The van der Waals surface area contributed by atoms with Gasteiger partial charge in [0.05, 0.1) is 19.8 Å². The maximum Gasteiger partial charge on any atom is 0.335 e. The molecule has 0 bridgehead atoms. The molecule has 5 nitrogen and oxygen atoms in total. The topological polar surface area (TPSA) is 65.0 Å². The molecular weight excluding hydrogens is 260 g/mol. The predicted molar refractivity (Wildman–Crippen MR) is 73.0 cm³/mol. The van der Waals surface area contributed by atoms with Crippen LogP contribution in [0.1, 0.15) is 10.4 Å². The Balaban J connectivity index is 2.39. The van der Waals surface area contributed by atoms with Gasteiger partial charge in [-0.2, -0.15) is 0 Å². The molecule has 0 heterocycles. The number of carboxylic acids is 1. The fourth-order valence-electron chi connectivity index (χ4n) is 1.73. The van der Waals surface area contributed by atoms with Crippen molar-refractivity contribution in [2.24, 2.45) is 0 Å². The van der Waals surface area contributed by atoms with E-state index in [0.717, 1.165) is 0 Å². The fourth-order valence-corrected chi connectivity index (χ4v) is 1.73. The van der Waals surface area contributed by atoms with Crippen LogP contribution in [0.25, 0.3) is 0 Å². The molecule has 0 aliphatic rings. The summed E-state index contributed by atoms with van der Waals surface area (Å²) >= 11 is 0. The number of rotatable bonds is 5. The Morgan fingerprint density at radius 2 is 1.60 bits per heavy atom. The molecular formula is C15H14O5. The summed E-state index contributed by atoms with van der Waals surface area (Å²) in [6, 6.07) is 11.5. The zero-order valence-corrected chi connectivity index (χ0v) is 11.1. The largest absolute Gasteiger partial charge is 0.493 e. The minimum absolute atomic E-state index is 0.149. The number of para-hydroxylation sites is 1. The molecule has 0 fully saturated rings. The van der Waals surface area contributed by atoms with Crippen LogP contribution in [0.15, 0.2) is 42.5 Å². The number of carboxylic acid groups (broad SMARTS) is 1. The number of hydrogen-bond donors (Lipinski definition) is 1. The summed E-state index contributed by atoms with van der Waals surface area (Å²) in [5, 5.41) is 8.97. The van der Waals surface area contributed by atoms with Crippen LogP contribution < -0.4 is 14.2 Å². The van der Waals surface area contributed by atoms with E-state index in [1.54, 1.807) is 30.3 Å². The maximum atomic E-state index is 10.9. The van der Waals surface area contributed by atoms with Gasteiger partial charge >= 0.3 is 5.97 Å². The summed E-state index contributed by atoms with van der Waals surface area (Å²) in [5.74, 6) is 0.797. The lowest BCUT2D eigenvalue weighted by Crippen LogP contribution is -1.97. The molecule has 0 aromatic heterocycles. The third-order valence-electron chi connectivity index (χ3n) is 2.68. The molecule has 0 radical (unpaired) electrons. The van der Waals surface area contributed by atoms with Crippen molar-refractivity contribution in [1.82, 2.24) is 0 Å². The van der Waals surface area contributed by atoms with E-state index in [-0.39, 0.29) is 5.56 Å². The average Bonchev–Trinajstić information content (AvgIpc) is 2.47. The number of aromatic carboxylic acids is 1. The van der Waals surface area contributed by atoms with Gasteiger partial charge in [0.1, 0.15) is 5.75 Å². The second-order valence-electron chi connectivity index (χ2n) is 3.93. The first-order valence-electron chi connectivity index (χ1n) is 5.88. The van der Waals surface area contributed by atoms with E-state index in [4.69, 9.17) is 19.3 Å². The summed E-state index contributed by atoms with van der Waals surface area (Å²) in [5.41, 5.74) is 0.149. The molecule has 0 atom stereocenters. The van der Waals surface area contributed by atoms with Crippen LogP contribution in [0.3, 0.4) is 0 Å². The molecule has 5 heteroatoms. The number of benzene rings is 2. The van der Waals surface area contributed by atoms with Crippen molar-refractivity contribution >= 4 is 5.97 Å². The van der Waals surface area contributed by atoms with Crippen LogP contribution in [0.4, 0.5) is 0 Å². The molecule has 0 spiro atoms. The van der Waals surface area contributed by atoms with Crippen molar-refractivity contribution in [3.8, 4) is 23.0 Å². The summed E-state index contributed by atoms with van der Waals surface area (Å²) in [6.45, 7) is 0. The van der Waals surface area contributed by atoms with Crippen LogP contribution in [0.2, 0.25) is 0 Å². The standard InChI is InChI=1S/C15H14O5/c1-18-12-7-4-8-13(19-2)14(12)20-11-6-3-5-10(9-11)15(16)17/h3-9H,1-2H3,(H,16,17). The Morgan fingerprint density at radius 1 is 1.00 bits per heavy atom. The Labute approximate surface area is 116 Å². The van der Waals surface area contributed by atoms with Gasteiger partial charge < -0.3 is 19.3 Å². The van der Waals surface area contributed by atoms with Crippen molar-refractivity contribution in [2.75, 3.05) is 14.2 Å². The molecule has 0 unspecified atom stereocenters. The van der Waals surface area contributed by atoms with Gasteiger partial charge in [-0.05, 0) is 30.3 Å². The molecule has 104 valence electrons. The van der Waals surface area contributed by atoms with Crippen LogP contribution >= 0.6 is 0 Å². The van der Waals surface area contributed by atoms with Crippen molar-refractivity contribution in [1.29, 1.82) is 0 Å². The van der Waals surface area contributed by atoms with Gasteiger partial charge in [0.2, 0.25) is 5.75 Å². The minimum Gasteiger partial charge on any atom is -0.493 e. The summed E-state index contributed by atoms with van der Waals surface area (Å²) in [7, 11) is 3.05. The zero-order valence-electron chi connectivity index (χ0n) is 11.1. The van der Waals surface area contributed by atoms with Gasteiger partial charge in [-0.3, -0.25) is 0 Å². The highest BCUT2D eigenvalue weighted by atomic mass is 16.5. The minimum atomic E-state index is -1.01. The third-order valence-corrected chi connectivity index (χ3v) is 2.68. The second kappa shape index (κ2) is 5.97. The van der Waals surface area contributed by atoms with Crippen molar-refractivity contribution < 1.29 is 24.1 Å². The van der Waals surface area contributed by atoms with Crippen LogP contribution in [0.5, 0.6) is 23.0 Å². The van der Waals surface area contributed by atoms with E-state index >= 15 is 0 Å². The van der Waals surface area contributed by atoms with Crippen molar-refractivity contribution in [3.05, 3.63) is 48.0 Å². The van der Waals surface area contributed by atoms with Gasteiger partial charge in [-0.25, -0.2) is 4.79 Å². The lowest BCUT2D eigenvalue weighted by Gasteiger charge is -2.13. The van der Waals surface area contributed by atoms with E-state index < -0.39 is 5.97 Å². The van der Waals surface area contributed by atoms with Gasteiger partial charge in [0, 0.05) is 0 Å². The molecule has 0 amide bonds. The first-order valence-corrected chi connectivity index (χ1v) is 5.88. The third kappa shape index (κ3) is 2.83. The molecule has 2 rings (SSSR count). The summed E-state index contributed by atoms with van der Waals surface area (Å²) < 4.78 is 16.1. The number of hydrogen-bond acceptors (Lipinski definition) is 4. The summed E-state index contributed by atoms with van der Waals surface area (Å²) in [4.78, 5) is 10.9. The van der Waals surface area contributed by atoms with Gasteiger partial charge in [-0.1, -0.05) is 12.1 Å². The molecule has 0 aliphatic heterocycles. The first kappa shape index (κ1) is 13.7. The molecule has 0 saturated heterocycles. The second-order valence-corrected chi connectivity index (χ2v) is 3.93. The lowest BCUT2D eigenvalue weighted by atomic mass is 10.2. The molecule has 0 saturated carbocycles. The van der Waals surface area contributed by atoms with Crippen LogP contribution in [0, 0.1) is 0 Å². The van der Waals surface area contributed by atoms with Gasteiger partial charge in [0.15, 0.2) is 11.5 Å². The Morgan fingerprint density at radius 3 is 2.15 bits per heavy atom. The highest BCUT2D eigenvalue weighted by Crippen LogP contribution is 2.39. The highest BCUT2D eigenvalue weighted by molar-refractivity contribution is 5.88. The quantitative estimate of drug-likeness (QED) is 0.907. The van der Waals surface area contributed by atoms with E-state index in [0.29, 0.717) is 23.0 Å². The Bertz CT molecular complexity index is 599. The summed E-state index contributed by atoms with van der Waals surface area (Å²) in [6.07, 6.45) is 0. The van der Waals surface area contributed by atoms with Crippen LogP contribution in [-0.4, -0.2) is 25.3 Å². The Kier molecular flexibility index (Phi) is 4.10. The smallest absolute Gasteiger partial charge is 0.335 e. The highest BCUT2D eigenvalue weighted by Gasteiger charge is 2.13. The first-order chi connectivity index (χ1) is 9.65. The van der Waals surface area contributed by atoms with E-state index in [1.807, 2.05) is 0 Å². The van der Waals surface area contributed by atoms with Gasteiger partial charge in [-0.15, -0.1) is 0 Å². The van der Waals surface area contributed by atoms with E-state index in [2.05, 4.69) is 0 Å². The van der Waals surface area contributed by atoms with Crippen molar-refractivity contribution in [2.45, 2.75) is 0 Å². The van der Waals surface area contributed by atoms with E-state index in [1.165, 1.54) is 26.4 Å². The monoisotopic (exact) mass is 274 g/mol. The molecule has 2 aromatic rings.